The Kier molecular flexibility index (Phi) is 5.60. The van der Waals surface area contributed by atoms with Crippen molar-refractivity contribution in [3.05, 3.63) is 0 Å². The molecule has 0 aromatic rings. The summed E-state index contributed by atoms with van der Waals surface area (Å²) in [7, 11) is 3.76. The number of hydrogen-bond donors (Lipinski definition) is 2. The van der Waals surface area contributed by atoms with Crippen molar-refractivity contribution in [2.24, 2.45) is 5.92 Å². The Hall–Kier alpha value is -1.30. The summed E-state index contributed by atoms with van der Waals surface area (Å²) in [5.74, 6) is -1.13. The van der Waals surface area contributed by atoms with E-state index in [0.717, 1.165) is 19.4 Å². The molecule has 19 heavy (non-hydrogen) atoms. The highest BCUT2D eigenvalue weighted by atomic mass is 16.4. The number of rotatable bonds is 5. The van der Waals surface area contributed by atoms with Crippen LogP contribution in [-0.2, 0) is 4.79 Å². The van der Waals surface area contributed by atoms with E-state index < -0.39 is 12.0 Å². The third kappa shape index (κ3) is 4.38. The van der Waals surface area contributed by atoms with Crippen molar-refractivity contribution in [2.45, 2.75) is 38.8 Å². The minimum Gasteiger partial charge on any atom is -0.480 e. The van der Waals surface area contributed by atoms with Gasteiger partial charge in [-0.05, 0) is 32.4 Å². The second-order valence-corrected chi connectivity index (χ2v) is 5.67. The zero-order valence-electron chi connectivity index (χ0n) is 12.2. The van der Waals surface area contributed by atoms with Crippen molar-refractivity contribution in [3.8, 4) is 0 Å². The van der Waals surface area contributed by atoms with E-state index in [-0.39, 0.29) is 11.9 Å². The normalized spacial score (nSPS) is 21.4. The van der Waals surface area contributed by atoms with Crippen molar-refractivity contribution < 1.29 is 14.7 Å². The van der Waals surface area contributed by atoms with Crippen LogP contribution >= 0.6 is 0 Å². The number of carboxylic acids is 1. The molecule has 1 heterocycles. The average Bonchev–Trinajstić information content (AvgIpc) is 2.70. The molecule has 1 unspecified atom stereocenters. The number of urea groups is 1. The molecule has 0 aromatic heterocycles. The average molecular weight is 271 g/mol. The second-order valence-electron chi connectivity index (χ2n) is 5.67. The lowest BCUT2D eigenvalue weighted by Gasteiger charge is -2.28. The Morgan fingerprint density at radius 1 is 1.47 bits per heavy atom. The highest BCUT2D eigenvalue weighted by Gasteiger charge is 2.27. The monoisotopic (exact) mass is 271 g/mol. The lowest BCUT2D eigenvalue weighted by atomic mass is 10.1. The number of likely N-dealkylation sites (tertiary alicyclic amines) is 1. The first-order valence-corrected chi connectivity index (χ1v) is 6.77. The Morgan fingerprint density at radius 2 is 2.11 bits per heavy atom. The van der Waals surface area contributed by atoms with Gasteiger partial charge in [0.15, 0.2) is 0 Å². The maximum absolute atomic E-state index is 12.0. The molecule has 6 nitrogen and oxygen atoms in total. The first-order valence-electron chi connectivity index (χ1n) is 6.77. The summed E-state index contributed by atoms with van der Waals surface area (Å²) in [6.45, 7) is 5.25. The van der Waals surface area contributed by atoms with Gasteiger partial charge in [-0.25, -0.2) is 9.59 Å². The lowest BCUT2D eigenvalue weighted by Crippen LogP contribution is -2.51. The summed E-state index contributed by atoms with van der Waals surface area (Å²) >= 11 is 0. The first-order chi connectivity index (χ1) is 8.82. The Bertz CT molecular complexity index is 333. The fourth-order valence-corrected chi connectivity index (χ4v) is 2.37. The second kappa shape index (κ2) is 6.75. The number of aliphatic carboxylic acids is 1. The van der Waals surface area contributed by atoms with Crippen LogP contribution in [-0.4, -0.2) is 66.2 Å². The highest BCUT2D eigenvalue weighted by Crippen LogP contribution is 2.15. The summed E-state index contributed by atoms with van der Waals surface area (Å²) in [5.41, 5.74) is 0. The molecule has 0 aliphatic carbocycles. The standard InChI is InChI=1S/C13H25N3O3/c1-9(2)11(12(17)18)14-13(19)16(4)8-10-6-5-7-15(10)3/h9-11H,5-8H2,1-4H3,(H,14,19)(H,17,18)/t10?,11-/m0/s1. The van der Waals surface area contributed by atoms with Gasteiger partial charge in [-0.1, -0.05) is 13.8 Å². The van der Waals surface area contributed by atoms with E-state index >= 15 is 0 Å². The minimum atomic E-state index is -0.991. The number of nitrogens with one attached hydrogen (secondary N) is 1. The summed E-state index contributed by atoms with van der Waals surface area (Å²) in [5, 5.41) is 11.6. The van der Waals surface area contributed by atoms with E-state index in [2.05, 4.69) is 17.3 Å². The van der Waals surface area contributed by atoms with Gasteiger partial charge < -0.3 is 20.2 Å². The molecule has 1 fully saturated rings. The van der Waals surface area contributed by atoms with Crippen LogP contribution in [0, 0.1) is 5.92 Å². The van der Waals surface area contributed by atoms with Crippen molar-refractivity contribution in [2.75, 3.05) is 27.2 Å². The molecule has 0 radical (unpaired) electrons. The fraction of sp³-hybridized carbons (Fsp3) is 0.846. The summed E-state index contributed by atoms with van der Waals surface area (Å²) in [6.07, 6.45) is 2.24. The third-order valence-electron chi connectivity index (χ3n) is 3.71. The van der Waals surface area contributed by atoms with Gasteiger partial charge in [-0.15, -0.1) is 0 Å². The van der Waals surface area contributed by atoms with Crippen LogP contribution in [0.2, 0.25) is 0 Å². The molecule has 2 N–H and O–H groups in total. The molecule has 0 saturated carbocycles. The lowest BCUT2D eigenvalue weighted by molar-refractivity contribution is -0.140. The van der Waals surface area contributed by atoms with Crippen LogP contribution in [0.4, 0.5) is 4.79 Å². The minimum absolute atomic E-state index is 0.135. The molecular formula is C13H25N3O3. The molecule has 0 aromatic carbocycles. The van der Waals surface area contributed by atoms with Crippen molar-refractivity contribution >= 4 is 12.0 Å². The molecule has 0 spiro atoms. The maximum Gasteiger partial charge on any atom is 0.326 e. The molecule has 1 aliphatic rings. The number of carboxylic acid groups (broad SMARTS) is 1. The number of nitrogens with zero attached hydrogens (tertiary/aromatic N) is 2. The number of carbonyl (C=O) groups is 2. The molecule has 0 bridgehead atoms. The number of carbonyl (C=O) groups excluding carboxylic acids is 1. The van der Waals surface area contributed by atoms with Crippen molar-refractivity contribution in [1.29, 1.82) is 0 Å². The zero-order chi connectivity index (χ0) is 14.6. The van der Waals surface area contributed by atoms with E-state index in [1.54, 1.807) is 25.8 Å². The maximum atomic E-state index is 12.0. The van der Waals surface area contributed by atoms with Gasteiger partial charge in [0.25, 0.3) is 0 Å². The van der Waals surface area contributed by atoms with Gasteiger partial charge in [0.1, 0.15) is 6.04 Å². The van der Waals surface area contributed by atoms with Gasteiger partial charge in [-0.2, -0.15) is 0 Å². The number of likely N-dealkylation sites (N-methyl/N-ethyl adjacent to an activating group) is 2. The van der Waals surface area contributed by atoms with Crippen LogP contribution in [0.25, 0.3) is 0 Å². The Balaban J connectivity index is 2.49. The fourth-order valence-electron chi connectivity index (χ4n) is 2.37. The van der Waals surface area contributed by atoms with Crippen LogP contribution < -0.4 is 5.32 Å². The van der Waals surface area contributed by atoms with Crippen LogP contribution in [0.3, 0.4) is 0 Å². The summed E-state index contributed by atoms with van der Waals surface area (Å²) in [4.78, 5) is 26.9. The first kappa shape index (κ1) is 15.8. The van der Waals surface area contributed by atoms with Crippen LogP contribution in [0.15, 0.2) is 0 Å². The van der Waals surface area contributed by atoms with E-state index in [1.807, 2.05) is 0 Å². The van der Waals surface area contributed by atoms with Gasteiger partial charge >= 0.3 is 12.0 Å². The van der Waals surface area contributed by atoms with E-state index in [4.69, 9.17) is 5.11 Å². The van der Waals surface area contributed by atoms with Crippen molar-refractivity contribution in [3.63, 3.8) is 0 Å². The quantitative estimate of drug-likeness (QED) is 0.777. The molecule has 2 amide bonds. The highest BCUT2D eigenvalue weighted by molar-refractivity contribution is 5.82. The third-order valence-corrected chi connectivity index (χ3v) is 3.71. The SMILES string of the molecule is CC(C)[C@H](NC(=O)N(C)CC1CCCN1C)C(=O)O. The predicted octanol–water partition coefficient (Wildman–Crippen LogP) is 0.831. The van der Waals surface area contributed by atoms with E-state index in [1.165, 1.54) is 0 Å². The van der Waals surface area contributed by atoms with Crippen LogP contribution in [0.5, 0.6) is 0 Å². The zero-order valence-corrected chi connectivity index (χ0v) is 12.2. The van der Waals surface area contributed by atoms with E-state index in [0.29, 0.717) is 12.6 Å². The van der Waals surface area contributed by atoms with Gasteiger partial charge in [0.2, 0.25) is 0 Å². The largest absolute Gasteiger partial charge is 0.480 e. The summed E-state index contributed by atoms with van der Waals surface area (Å²) in [6, 6.07) is -0.782. The summed E-state index contributed by atoms with van der Waals surface area (Å²) < 4.78 is 0. The van der Waals surface area contributed by atoms with Gasteiger partial charge in [-0.3, -0.25) is 0 Å². The molecular weight excluding hydrogens is 246 g/mol. The van der Waals surface area contributed by atoms with Gasteiger partial charge in [0, 0.05) is 19.6 Å². The topological polar surface area (TPSA) is 72.9 Å². The number of hydrogen-bond acceptors (Lipinski definition) is 3. The Labute approximate surface area is 114 Å². The molecule has 1 saturated heterocycles. The molecule has 6 heteroatoms. The van der Waals surface area contributed by atoms with E-state index in [9.17, 15) is 9.59 Å². The molecule has 1 rings (SSSR count). The molecule has 110 valence electrons. The smallest absolute Gasteiger partial charge is 0.326 e. The van der Waals surface area contributed by atoms with Gasteiger partial charge in [0.05, 0.1) is 0 Å². The van der Waals surface area contributed by atoms with Crippen molar-refractivity contribution in [1.82, 2.24) is 15.1 Å². The molecule has 2 atom stereocenters. The number of amides is 2. The Morgan fingerprint density at radius 3 is 2.53 bits per heavy atom. The predicted molar refractivity (Wildman–Crippen MR) is 73.1 cm³/mol. The van der Waals surface area contributed by atoms with Crippen LogP contribution in [0.1, 0.15) is 26.7 Å². The molecule has 1 aliphatic heterocycles.